The molecule has 0 saturated carbocycles. The van der Waals surface area contributed by atoms with Gasteiger partial charge in [-0.15, -0.1) is 0 Å². The molecule has 0 radical (unpaired) electrons. The van der Waals surface area contributed by atoms with E-state index < -0.39 is 6.10 Å². The lowest BCUT2D eigenvalue weighted by Crippen LogP contribution is -2.04. The van der Waals surface area contributed by atoms with Crippen LogP contribution in [0.2, 0.25) is 0 Å². The van der Waals surface area contributed by atoms with Gasteiger partial charge < -0.3 is 10.2 Å². The highest BCUT2D eigenvalue weighted by molar-refractivity contribution is 9.10. The Balaban J connectivity index is 2.13. The monoisotopic (exact) mass is 307 g/mol. The normalized spacial score (nSPS) is 12.4. The molecule has 1 aromatic carbocycles. The number of hydrogen-bond acceptors (Lipinski definition) is 3. The molecule has 18 heavy (non-hydrogen) atoms. The second kappa shape index (κ2) is 6.09. The summed E-state index contributed by atoms with van der Waals surface area (Å²) in [6.07, 6.45) is -0.160. The first-order valence-corrected chi connectivity index (χ1v) is 6.47. The summed E-state index contributed by atoms with van der Waals surface area (Å²) in [4.78, 5) is 4.29. The molecule has 0 amide bonds. The summed E-state index contributed by atoms with van der Waals surface area (Å²) in [5.74, 6) is 0. The van der Waals surface area contributed by atoms with Crippen LogP contribution < -0.4 is 0 Å². The van der Waals surface area contributed by atoms with E-state index >= 15 is 0 Å². The van der Waals surface area contributed by atoms with Gasteiger partial charge in [-0.2, -0.15) is 0 Å². The molecule has 0 unspecified atom stereocenters. The smallest absolute Gasteiger partial charge is 0.106 e. The van der Waals surface area contributed by atoms with Gasteiger partial charge in [0.1, 0.15) is 4.60 Å². The van der Waals surface area contributed by atoms with Crippen molar-refractivity contribution in [1.82, 2.24) is 4.98 Å². The number of aliphatic hydroxyl groups excluding tert-OH is 2. The lowest BCUT2D eigenvalue weighted by molar-refractivity contribution is 0.177. The zero-order chi connectivity index (χ0) is 13.0. The maximum Gasteiger partial charge on any atom is 0.106 e. The minimum atomic E-state index is -0.613. The van der Waals surface area contributed by atoms with Crippen LogP contribution in [0.3, 0.4) is 0 Å². The first kappa shape index (κ1) is 13.2. The van der Waals surface area contributed by atoms with Crippen molar-refractivity contribution in [2.75, 3.05) is 0 Å². The minimum Gasteiger partial charge on any atom is -0.392 e. The van der Waals surface area contributed by atoms with E-state index in [2.05, 4.69) is 20.9 Å². The van der Waals surface area contributed by atoms with Crippen LogP contribution in [0.15, 0.2) is 47.1 Å². The average molecular weight is 308 g/mol. The van der Waals surface area contributed by atoms with E-state index in [1.807, 2.05) is 42.5 Å². The summed E-state index contributed by atoms with van der Waals surface area (Å²) in [7, 11) is 0. The zero-order valence-electron chi connectivity index (χ0n) is 9.75. The molecule has 0 bridgehead atoms. The predicted molar refractivity (Wildman–Crippen MR) is 73.0 cm³/mol. The molecule has 0 spiro atoms. The minimum absolute atomic E-state index is 0.0182. The van der Waals surface area contributed by atoms with Crippen LogP contribution in [0.5, 0.6) is 0 Å². The number of pyridine rings is 1. The fraction of sp³-hybridized carbons (Fsp3) is 0.214. The van der Waals surface area contributed by atoms with Gasteiger partial charge in [0.15, 0.2) is 0 Å². The Bertz CT molecular complexity index is 531. The summed E-state index contributed by atoms with van der Waals surface area (Å²) in [6, 6.07) is 12.9. The Morgan fingerprint density at radius 1 is 1.17 bits per heavy atom. The number of nitrogens with zero attached hydrogens (tertiary/aromatic N) is 1. The van der Waals surface area contributed by atoms with Crippen molar-refractivity contribution in [3.63, 3.8) is 0 Å². The average Bonchev–Trinajstić information content (AvgIpc) is 2.39. The molecule has 1 heterocycles. The maximum atomic E-state index is 10.1. The number of rotatable bonds is 4. The van der Waals surface area contributed by atoms with Gasteiger partial charge in [-0.3, -0.25) is 0 Å². The Labute approximate surface area is 114 Å². The van der Waals surface area contributed by atoms with Crippen LogP contribution in [0.25, 0.3) is 0 Å². The van der Waals surface area contributed by atoms with E-state index in [-0.39, 0.29) is 6.61 Å². The highest BCUT2D eigenvalue weighted by Crippen LogP contribution is 2.19. The summed E-state index contributed by atoms with van der Waals surface area (Å²) in [5.41, 5.74) is 2.42. The van der Waals surface area contributed by atoms with Crippen LogP contribution in [0.4, 0.5) is 0 Å². The molecule has 1 aromatic heterocycles. The molecule has 0 aliphatic heterocycles. The second-order valence-corrected chi connectivity index (χ2v) is 4.89. The Hall–Kier alpha value is -1.23. The first-order valence-electron chi connectivity index (χ1n) is 5.68. The highest BCUT2D eigenvalue weighted by Gasteiger charge is 2.10. The molecular weight excluding hydrogens is 294 g/mol. The third-order valence-corrected chi connectivity index (χ3v) is 3.14. The predicted octanol–water partition coefficient (Wildman–Crippen LogP) is 2.61. The quantitative estimate of drug-likeness (QED) is 0.854. The fourth-order valence-corrected chi connectivity index (χ4v) is 2.16. The topological polar surface area (TPSA) is 53.4 Å². The number of aromatic nitrogens is 1. The molecule has 2 rings (SSSR count). The molecule has 4 heteroatoms. The van der Waals surface area contributed by atoms with Gasteiger partial charge in [0, 0.05) is 12.1 Å². The number of hydrogen-bond donors (Lipinski definition) is 2. The van der Waals surface area contributed by atoms with E-state index in [4.69, 9.17) is 5.11 Å². The zero-order valence-corrected chi connectivity index (χ0v) is 11.3. The Kier molecular flexibility index (Phi) is 4.47. The van der Waals surface area contributed by atoms with Crippen LogP contribution in [0, 0.1) is 0 Å². The van der Waals surface area contributed by atoms with Crippen molar-refractivity contribution in [1.29, 1.82) is 0 Å². The van der Waals surface area contributed by atoms with E-state index in [1.54, 1.807) is 0 Å². The van der Waals surface area contributed by atoms with Gasteiger partial charge in [-0.1, -0.05) is 30.3 Å². The van der Waals surface area contributed by atoms with Crippen LogP contribution >= 0.6 is 15.9 Å². The fourth-order valence-electron chi connectivity index (χ4n) is 1.78. The summed E-state index contributed by atoms with van der Waals surface area (Å²) < 4.78 is 0.760. The molecule has 1 atom stereocenters. The summed E-state index contributed by atoms with van der Waals surface area (Å²) in [5, 5.41) is 19.2. The van der Waals surface area contributed by atoms with Crippen molar-refractivity contribution in [2.24, 2.45) is 0 Å². The molecule has 3 nitrogen and oxygen atoms in total. The second-order valence-electron chi connectivity index (χ2n) is 4.07. The van der Waals surface area contributed by atoms with E-state index in [0.29, 0.717) is 6.42 Å². The van der Waals surface area contributed by atoms with E-state index in [0.717, 1.165) is 21.4 Å². The Morgan fingerprint density at radius 2 is 1.94 bits per heavy atom. The molecule has 0 fully saturated rings. The third kappa shape index (κ3) is 3.38. The molecule has 0 aliphatic carbocycles. The first-order chi connectivity index (χ1) is 8.69. The van der Waals surface area contributed by atoms with Crippen molar-refractivity contribution in [3.8, 4) is 0 Å². The standard InChI is InChI=1S/C14H14BrNO2/c15-14-6-2-5-12(16-14)8-13(18)11-4-1-3-10(7-11)9-17/h1-7,13,17-18H,8-9H2/t13-/m0/s1. The van der Waals surface area contributed by atoms with Gasteiger partial charge in [-0.05, 0) is 39.2 Å². The van der Waals surface area contributed by atoms with Gasteiger partial charge in [0.2, 0.25) is 0 Å². The molecule has 2 N–H and O–H groups in total. The number of aliphatic hydroxyl groups is 2. The van der Waals surface area contributed by atoms with Crippen LogP contribution in [-0.2, 0) is 13.0 Å². The van der Waals surface area contributed by atoms with Gasteiger partial charge in [0.05, 0.1) is 12.7 Å². The van der Waals surface area contributed by atoms with Crippen molar-refractivity contribution >= 4 is 15.9 Å². The Morgan fingerprint density at radius 3 is 2.67 bits per heavy atom. The highest BCUT2D eigenvalue weighted by atomic mass is 79.9. The maximum absolute atomic E-state index is 10.1. The molecule has 0 aliphatic rings. The summed E-state index contributed by atoms with van der Waals surface area (Å²) in [6.45, 7) is -0.0182. The van der Waals surface area contributed by atoms with E-state index in [1.165, 1.54) is 0 Å². The van der Waals surface area contributed by atoms with Crippen molar-refractivity contribution in [2.45, 2.75) is 19.1 Å². The molecule has 94 valence electrons. The van der Waals surface area contributed by atoms with Crippen LogP contribution in [0.1, 0.15) is 22.9 Å². The summed E-state index contributed by atoms with van der Waals surface area (Å²) >= 11 is 3.31. The third-order valence-electron chi connectivity index (χ3n) is 2.69. The van der Waals surface area contributed by atoms with Crippen LogP contribution in [-0.4, -0.2) is 15.2 Å². The molecule has 0 saturated heterocycles. The van der Waals surface area contributed by atoms with Gasteiger partial charge in [-0.25, -0.2) is 4.98 Å². The van der Waals surface area contributed by atoms with E-state index in [9.17, 15) is 5.11 Å². The largest absolute Gasteiger partial charge is 0.392 e. The number of halogens is 1. The van der Waals surface area contributed by atoms with Gasteiger partial charge >= 0.3 is 0 Å². The molecule has 2 aromatic rings. The lowest BCUT2D eigenvalue weighted by Gasteiger charge is -2.11. The number of benzene rings is 1. The molecular formula is C14H14BrNO2. The lowest BCUT2D eigenvalue weighted by atomic mass is 10.0. The van der Waals surface area contributed by atoms with Crippen molar-refractivity contribution in [3.05, 3.63) is 63.9 Å². The van der Waals surface area contributed by atoms with Crippen molar-refractivity contribution < 1.29 is 10.2 Å². The SMILES string of the molecule is OCc1cccc([C@@H](O)Cc2cccc(Br)n2)c1. The van der Waals surface area contributed by atoms with Gasteiger partial charge in [0.25, 0.3) is 0 Å².